The monoisotopic (exact) mass is 491 g/mol. The van der Waals surface area contributed by atoms with Crippen molar-refractivity contribution in [2.75, 3.05) is 13.6 Å². The van der Waals surface area contributed by atoms with E-state index < -0.39 is 17.4 Å². The number of halogens is 2. The van der Waals surface area contributed by atoms with E-state index in [1.807, 2.05) is 61.3 Å². The second-order valence-electron chi connectivity index (χ2n) is 8.93. The third kappa shape index (κ3) is 5.04. The molecule has 1 fully saturated rings. The standard InChI is InChI=1S/C25H31Cl2N3O3/c1-4-19(14-29-3)30-21(15-8-10-17(26)11-9-15)20(16-6-5-7-18(27)12-16)13-25(2,24(30)33)22(28)23(31)32/h5-12,19-22,29H,4,13-14,28H2,1-3H3,(H,31,32). The molecule has 6 nitrogen and oxygen atoms in total. The number of carboxylic acid groups (broad SMARTS) is 1. The summed E-state index contributed by atoms with van der Waals surface area (Å²) in [6.07, 6.45) is 0.969. The lowest BCUT2D eigenvalue weighted by Gasteiger charge is -2.53. The van der Waals surface area contributed by atoms with E-state index in [-0.39, 0.29) is 30.3 Å². The van der Waals surface area contributed by atoms with Gasteiger partial charge in [-0.3, -0.25) is 9.59 Å². The number of carbonyl (C=O) groups excluding carboxylic acids is 1. The number of hydrogen-bond donors (Lipinski definition) is 3. The van der Waals surface area contributed by atoms with Crippen molar-refractivity contribution in [1.82, 2.24) is 10.2 Å². The number of piperidine rings is 1. The molecule has 2 aromatic carbocycles. The first-order valence-electron chi connectivity index (χ1n) is 11.1. The third-order valence-corrected chi connectivity index (χ3v) is 7.28. The van der Waals surface area contributed by atoms with Crippen molar-refractivity contribution < 1.29 is 14.7 Å². The van der Waals surface area contributed by atoms with Crippen LogP contribution in [0.2, 0.25) is 10.0 Å². The first-order chi connectivity index (χ1) is 15.6. The van der Waals surface area contributed by atoms with Crippen LogP contribution in [0.25, 0.3) is 0 Å². The molecule has 33 heavy (non-hydrogen) atoms. The molecule has 0 radical (unpaired) electrons. The second kappa shape index (κ2) is 10.4. The van der Waals surface area contributed by atoms with E-state index in [4.69, 9.17) is 28.9 Å². The van der Waals surface area contributed by atoms with E-state index in [0.717, 1.165) is 11.1 Å². The van der Waals surface area contributed by atoms with Crippen LogP contribution < -0.4 is 11.1 Å². The van der Waals surface area contributed by atoms with Crippen LogP contribution in [0.3, 0.4) is 0 Å². The van der Waals surface area contributed by atoms with Gasteiger partial charge in [-0.1, -0.05) is 54.4 Å². The van der Waals surface area contributed by atoms with Crippen LogP contribution >= 0.6 is 23.2 Å². The number of carbonyl (C=O) groups is 2. The summed E-state index contributed by atoms with van der Waals surface area (Å²) >= 11 is 12.5. The van der Waals surface area contributed by atoms with E-state index >= 15 is 0 Å². The molecule has 5 unspecified atom stereocenters. The number of aliphatic carboxylic acids is 1. The van der Waals surface area contributed by atoms with Crippen molar-refractivity contribution in [2.24, 2.45) is 11.1 Å². The highest BCUT2D eigenvalue weighted by Gasteiger charge is 2.55. The molecule has 5 atom stereocenters. The maximum Gasteiger partial charge on any atom is 0.321 e. The summed E-state index contributed by atoms with van der Waals surface area (Å²) in [5.74, 6) is -1.66. The van der Waals surface area contributed by atoms with Crippen LogP contribution in [0, 0.1) is 5.41 Å². The van der Waals surface area contributed by atoms with Gasteiger partial charge in [0.25, 0.3) is 0 Å². The number of likely N-dealkylation sites (N-methyl/N-ethyl adjacent to an activating group) is 1. The Bertz CT molecular complexity index is 1000. The van der Waals surface area contributed by atoms with Gasteiger partial charge in [0, 0.05) is 28.5 Å². The second-order valence-corrected chi connectivity index (χ2v) is 9.80. The number of hydrogen-bond acceptors (Lipinski definition) is 4. The molecule has 1 aliphatic rings. The van der Waals surface area contributed by atoms with Crippen molar-refractivity contribution in [3.8, 4) is 0 Å². The summed E-state index contributed by atoms with van der Waals surface area (Å²) in [6, 6.07) is 13.2. The van der Waals surface area contributed by atoms with Crippen LogP contribution in [-0.2, 0) is 9.59 Å². The van der Waals surface area contributed by atoms with E-state index in [9.17, 15) is 14.7 Å². The van der Waals surface area contributed by atoms with Gasteiger partial charge in [0.15, 0.2) is 0 Å². The molecule has 0 aromatic heterocycles. The Morgan fingerprint density at radius 3 is 2.42 bits per heavy atom. The van der Waals surface area contributed by atoms with E-state index in [1.54, 1.807) is 13.0 Å². The maximum atomic E-state index is 14.1. The highest BCUT2D eigenvalue weighted by molar-refractivity contribution is 6.30. The van der Waals surface area contributed by atoms with Gasteiger partial charge < -0.3 is 21.1 Å². The Hall–Kier alpha value is -2.12. The summed E-state index contributed by atoms with van der Waals surface area (Å²) < 4.78 is 0. The molecule has 0 spiro atoms. The summed E-state index contributed by atoms with van der Waals surface area (Å²) in [5.41, 5.74) is 6.74. The number of carboxylic acids is 1. The zero-order chi connectivity index (χ0) is 24.3. The lowest BCUT2D eigenvalue weighted by atomic mass is 9.65. The van der Waals surface area contributed by atoms with Crippen molar-refractivity contribution in [3.63, 3.8) is 0 Å². The van der Waals surface area contributed by atoms with Crippen LogP contribution in [0.15, 0.2) is 48.5 Å². The van der Waals surface area contributed by atoms with Gasteiger partial charge in [-0.2, -0.15) is 0 Å². The molecule has 178 valence electrons. The van der Waals surface area contributed by atoms with Gasteiger partial charge in [0.1, 0.15) is 6.04 Å². The van der Waals surface area contributed by atoms with Crippen molar-refractivity contribution >= 4 is 35.1 Å². The molecular formula is C25H31Cl2N3O3. The predicted molar refractivity (Wildman–Crippen MR) is 132 cm³/mol. The van der Waals surface area contributed by atoms with Gasteiger partial charge in [-0.15, -0.1) is 0 Å². The van der Waals surface area contributed by atoms with E-state index in [2.05, 4.69) is 5.32 Å². The molecule has 1 heterocycles. The Labute approximate surface area is 205 Å². The summed E-state index contributed by atoms with van der Waals surface area (Å²) in [6.45, 7) is 4.25. The fourth-order valence-electron chi connectivity index (χ4n) is 4.96. The topological polar surface area (TPSA) is 95.7 Å². The first kappa shape index (κ1) is 25.5. The number of rotatable bonds is 8. The number of benzene rings is 2. The minimum Gasteiger partial charge on any atom is -0.480 e. The lowest BCUT2D eigenvalue weighted by molar-refractivity contribution is -0.162. The normalized spacial score (nSPS) is 25.0. The number of nitrogens with one attached hydrogen (secondary N) is 1. The van der Waals surface area contributed by atoms with Crippen LogP contribution in [-0.4, -0.2) is 47.6 Å². The van der Waals surface area contributed by atoms with Gasteiger partial charge in [-0.05, 0) is 62.2 Å². The maximum absolute atomic E-state index is 14.1. The highest BCUT2D eigenvalue weighted by atomic mass is 35.5. The Morgan fingerprint density at radius 1 is 1.21 bits per heavy atom. The molecular weight excluding hydrogens is 461 g/mol. The molecule has 4 N–H and O–H groups in total. The number of nitrogens with two attached hydrogens (primary N) is 1. The lowest BCUT2D eigenvalue weighted by Crippen LogP contribution is -2.63. The van der Waals surface area contributed by atoms with E-state index in [1.165, 1.54) is 0 Å². The predicted octanol–water partition coefficient (Wildman–Crippen LogP) is 4.47. The van der Waals surface area contributed by atoms with Crippen LogP contribution in [0.1, 0.15) is 49.8 Å². The molecule has 3 rings (SSSR count). The molecule has 1 saturated heterocycles. The Morgan fingerprint density at radius 2 is 1.88 bits per heavy atom. The minimum absolute atomic E-state index is 0.162. The highest BCUT2D eigenvalue weighted by Crippen LogP contribution is 2.51. The molecule has 2 aromatic rings. The zero-order valence-electron chi connectivity index (χ0n) is 19.1. The molecule has 0 saturated carbocycles. The van der Waals surface area contributed by atoms with Gasteiger partial charge in [0.05, 0.1) is 11.5 Å². The van der Waals surface area contributed by atoms with Crippen molar-refractivity contribution in [2.45, 2.75) is 50.7 Å². The first-order valence-corrected chi connectivity index (χ1v) is 11.9. The number of likely N-dealkylation sites (tertiary alicyclic amines) is 1. The van der Waals surface area contributed by atoms with Gasteiger partial charge >= 0.3 is 5.97 Å². The third-order valence-electron chi connectivity index (χ3n) is 6.79. The largest absolute Gasteiger partial charge is 0.480 e. The van der Waals surface area contributed by atoms with Crippen LogP contribution in [0.5, 0.6) is 0 Å². The summed E-state index contributed by atoms with van der Waals surface area (Å²) in [4.78, 5) is 27.9. The quantitative estimate of drug-likeness (QED) is 0.506. The molecule has 1 aliphatic heterocycles. The Balaban J connectivity index is 2.26. The van der Waals surface area contributed by atoms with Gasteiger partial charge in [0.2, 0.25) is 5.91 Å². The van der Waals surface area contributed by atoms with Crippen molar-refractivity contribution in [3.05, 3.63) is 69.7 Å². The molecule has 8 heteroatoms. The van der Waals surface area contributed by atoms with Gasteiger partial charge in [-0.25, -0.2) is 0 Å². The SMILES string of the molecule is CCC(CNC)N1C(=O)C(C)(C(N)C(=O)O)CC(c2cccc(Cl)c2)C1c1ccc(Cl)cc1. The van der Waals surface area contributed by atoms with E-state index in [0.29, 0.717) is 23.0 Å². The fraction of sp³-hybridized carbons (Fsp3) is 0.440. The average molecular weight is 492 g/mol. The fourth-order valence-corrected chi connectivity index (χ4v) is 5.29. The number of amides is 1. The molecule has 0 bridgehead atoms. The Kier molecular flexibility index (Phi) is 8.06. The summed E-state index contributed by atoms with van der Waals surface area (Å²) in [7, 11) is 1.84. The molecule has 0 aliphatic carbocycles. The zero-order valence-corrected chi connectivity index (χ0v) is 20.6. The van der Waals surface area contributed by atoms with Crippen molar-refractivity contribution in [1.29, 1.82) is 0 Å². The van der Waals surface area contributed by atoms with Crippen LogP contribution in [0.4, 0.5) is 0 Å². The minimum atomic E-state index is -1.34. The molecule has 1 amide bonds. The number of nitrogens with zero attached hydrogens (tertiary/aromatic N) is 1. The smallest absolute Gasteiger partial charge is 0.321 e. The summed E-state index contributed by atoms with van der Waals surface area (Å²) in [5, 5.41) is 14.1. The average Bonchev–Trinajstić information content (AvgIpc) is 2.79.